The monoisotopic (exact) mass is 128 g/mol. The Morgan fingerprint density at radius 2 is 1.00 bits per heavy atom. The highest BCUT2D eigenvalue weighted by atomic mass is 16.5. The normalized spacial score (nSPS) is 24.0. The van der Waals surface area contributed by atoms with E-state index in [4.69, 9.17) is 4.74 Å². The van der Waals surface area contributed by atoms with Gasteiger partial charge >= 0.3 is 0 Å². The van der Waals surface area contributed by atoms with E-state index in [0.29, 0.717) is 0 Å². The first-order chi connectivity index (χ1) is 4.50. The van der Waals surface area contributed by atoms with Crippen molar-refractivity contribution in [2.75, 3.05) is 13.2 Å². The Balaban J connectivity index is 2.02. The zero-order chi connectivity index (χ0) is 6.36. The Bertz CT molecular complexity index is 33.1. The Morgan fingerprint density at radius 1 is 0.556 bits per heavy atom. The first-order valence-electron chi connectivity index (χ1n) is 4.08. The van der Waals surface area contributed by atoms with E-state index in [2.05, 4.69) is 0 Å². The zero-order valence-electron chi connectivity index (χ0n) is 6.07. The minimum Gasteiger partial charge on any atom is -0.381 e. The van der Waals surface area contributed by atoms with Crippen LogP contribution in [0.1, 0.15) is 38.5 Å². The Hall–Kier alpha value is -0.0400. The quantitative estimate of drug-likeness (QED) is 0.486. The van der Waals surface area contributed by atoms with Gasteiger partial charge in [0.2, 0.25) is 0 Å². The molecule has 0 unspecified atom stereocenters. The van der Waals surface area contributed by atoms with Gasteiger partial charge in [-0.15, -0.1) is 0 Å². The predicted molar refractivity (Wildman–Crippen MR) is 38.5 cm³/mol. The van der Waals surface area contributed by atoms with Gasteiger partial charge in [0, 0.05) is 13.2 Å². The fraction of sp³-hybridized carbons (Fsp3) is 1.00. The average molecular weight is 128 g/mol. The van der Waals surface area contributed by atoms with Crippen molar-refractivity contribution in [3.05, 3.63) is 0 Å². The van der Waals surface area contributed by atoms with Crippen molar-refractivity contribution in [2.24, 2.45) is 0 Å². The molecule has 9 heavy (non-hydrogen) atoms. The zero-order valence-corrected chi connectivity index (χ0v) is 6.07. The maximum Gasteiger partial charge on any atom is 0.0466 e. The summed E-state index contributed by atoms with van der Waals surface area (Å²) in [4.78, 5) is 0. The van der Waals surface area contributed by atoms with E-state index in [0.717, 1.165) is 13.2 Å². The first-order valence-corrected chi connectivity index (χ1v) is 4.08. The molecule has 1 heteroatoms. The van der Waals surface area contributed by atoms with E-state index in [1.54, 1.807) is 0 Å². The van der Waals surface area contributed by atoms with Crippen molar-refractivity contribution in [3.8, 4) is 0 Å². The van der Waals surface area contributed by atoms with Crippen LogP contribution in [0, 0.1) is 0 Å². The van der Waals surface area contributed by atoms with Gasteiger partial charge in [-0.1, -0.05) is 25.7 Å². The van der Waals surface area contributed by atoms with Crippen LogP contribution in [-0.2, 0) is 4.74 Å². The molecule has 0 aromatic rings. The smallest absolute Gasteiger partial charge is 0.0466 e. The molecule has 1 saturated heterocycles. The number of hydrogen-bond donors (Lipinski definition) is 0. The van der Waals surface area contributed by atoms with Crippen molar-refractivity contribution >= 4 is 0 Å². The minimum atomic E-state index is 1.00. The summed E-state index contributed by atoms with van der Waals surface area (Å²) in [5.74, 6) is 0. The second kappa shape index (κ2) is 4.80. The van der Waals surface area contributed by atoms with Gasteiger partial charge in [-0.25, -0.2) is 0 Å². The van der Waals surface area contributed by atoms with Gasteiger partial charge in [0.15, 0.2) is 0 Å². The molecule has 1 aliphatic heterocycles. The highest BCUT2D eigenvalue weighted by molar-refractivity contribution is 4.47. The molecule has 0 saturated carbocycles. The first kappa shape index (κ1) is 7.07. The molecule has 1 fully saturated rings. The van der Waals surface area contributed by atoms with Crippen LogP contribution in [0.3, 0.4) is 0 Å². The summed E-state index contributed by atoms with van der Waals surface area (Å²) >= 11 is 0. The van der Waals surface area contributed by atoms with E-state index in [1.165, 1.54) is 38.5 Å². The summed E-state index contributed by atoms with van der Waals surface area (Å²) in [5, 5.41) is 0. The maximum atomic E-state index is 5.35. The van der Waals surface area contributed by atoms with Gasteiger partial charge in [0.25, 0.3) is 0 Å². The average Bonchev–Trinajstić information content (AvgIpc) is 2.00. The molecule has 0 atom stereocenters. The third-order valence-corrected chi connectivity index (χ3v) is 1.83. The highest BCUT2D eigenvalue weighted by Crippen LogP contribution is 2.08. The standard InChI is InChI=1S/C8H16O/c1-2-4-6-8-9-7-5-3-1/h1-8H2. The van der Waals surface area contributed by atoms with Crippen molar-refractivity contribution in [1.82, 2.24) is 0 Å². The lowest BCUT2D eigenvalue weighted by molar-refractivity contribution is 0.131. The van der Waals surface area contributed by atoms with Crippen LogP contribution >= 0.6 is 0 Å². The fourth-order valence-electron chi connectivity index (χ4n) is 1.22. The molecule has 0 aromatic carbocycles. The molecule has 1 aliphatic rings. The van der Waals surface area contributed by atoms with E-state index >= 15 is 0 Å². The summed E-state index contributed by atoms with van der Waals surface area (Å²) in [5.41, 5.74) is 0. The Morgan fingerprint density at radius 3 is 1.56 bits per heavy atom. The third-order valence-electron chi connectivity index (χ3n) is 1.83. The van der Waals surface area contributed by atoms with Gasteiger partial charge in [-0.3, -0.25) is 0 Å². The number of rotatable bonds is 0. The number of ether oxygens (including phenoxy) is 1. The molecule has 0 radical (unpaired) electrons. The molecular formula is C8H16O. The fourth-order valence-corrected chi connectivity index (χ4v) is 1.22. The molecule has 1 heterocycles. The largest absolute Gasteiger partial charge is 0.381 e. The van der Waals surface area contributed by atoms with Gasteiger partial charge in [-0.2, -0.15) is 0 Å². The van der Waals surface area contributed by atoms with Crippen molar-refractivity contribution in [1.29, 1.82) is 0 Å². The Labute approximate surface area is 57.4 Å². The molecule has 0 aliphatic carbocycles. The van der Waals surface area contributed by atoms with Crippen molar-refractivity contribution in [3.63, 3.8) is 0 Å². The van der Waals surface area contributed by atoms with Crippen LogP contribution in [0.25, 0.3) is 0 Å². The third kappa shape index (κ3) is 3.52. The Kier molecular flexibility index (Phi) is 3.77. The summed E-state index contributed by atoms with van der Waals surface area (Å²) in [6, 6.07) is 0. The molecule has 0 N–H and O–H groups in total. The molecule has 0 amide bonds. The maximum absolute atomic E-state index is 5.35. The van der Waals surface area contributed by atoms with E-state index in [1.807, 2.05) is 0 Å². The molecule has 1 rings (SSSR count). The van der Waals surface area contributed by atoms with Gasteiger partial charge in [0.1, 0.15) is 0 Å². The summed E-state index contributed by atoms with van der Waals surface area (Å²) < 4.78 is 5.35. The molecule has 0 spiro atoms. The second-order valence-electron chi connectivity index (χ2n) is 2.73. The minimum absolute atomic E-state index is 1.00. The van der Waals surface area contributed by atoms with E-state index in [9.17, 15) is 0 Å². The number of hydrogen-bond acceptors (Lipinski definition) is 1. The van der Waals surface area contributed by atoms with Gasteiger partial charge < -0.3 is 4.74 Å². The summed E-state index contributed by atoms with van der Waals surface area (Å²) in [6.07, 6.45) is 8.15. The molecule has 0 bridgehead atoms. The molecule has 0 aromatic heterocycles. The van der Waals surface area contributed by atoms with Crippen LogP contribution in [0.2, 0.25) is 0 Å². The van der Waals surface area contributed by atoms with Crippen LogP contribution in [0.4, 0.5) is 0 Å². The van der Waals surface area contributed by atoms with Crippen molar-refractivity contribution in [2.45, 2.75) is 38.5 Å². The van der Waals surface area contributed by atoms with E-state index in [-0.39, 0.29) is 0 Å². The lowest BCUT2D eigenvalue weighted by Crippen LogP contribution is -1.94. The SMILES string of the molecule is C1CCCCOCCC1. The second-order valence-corrected chi connectivity index (χ2v) is 2.73. The van der Waals surface area contributed by atoms with Crippen LogP contribution in [0.5, 0.6) is 0 Å². The summed E-state index contributed by atoms with van der Waals surface area (Å²) in [7, 11) is 0. The highest BCUT2D eigenvalue weighted by Gasteiger charge is 1.95. The lowest BCUT2D eigenvalue weighted by Gasteiger charge is -1.97. The molecule has 54 valence electrons. The van der Waals surface area contributed by atoms with Gasteiger partial charge in [-0.05, 0) is 12.8 Å². The van der Waals surface area contributed by atoms with Crippen molar-refractivity contribution < 1.29 is 4.74 Å². The topological polar surface area (TPSA) is 9.23 Å². The van der Waals surface area contributed by atoms with E-state index < -0.39 is 0 Å². The van der Waals surface area contributed by atoms with Gasteiger partial charge in [0.05, 0.1) is 0 Å². The summed E-state index contributed by atoms with van der Waals surface area (Å²) in [6.45, 7) is 2.00. The lowest BCUT2D eigenvalue weighted by atomic mass is 10.1. The molecule has 1 nitrogen and oxygen atoms in total. The van der Waals surface area contributed by atoms with Crippen LogP contribution in [-0.4, -0.2) is 13.2 Å². The van der Waals surface area contributed by atoms with Crippen LogP contribution < -0.4 is 0 Å². The predicted octanol–water partition coefficient (Wildman–Crippen LogP) is 2.36. The van der Waals surface area contributed by atoms with Crippen LogP contribution in [0.15, 0.2) is 0 Å². The molecular weight excluding hydrogens is 112 g/mol.